The highest BCUT2D eigenvalue weighted by Gasteiger charge is 2.12. The van der Waals surface area contributed by atoms with Gasteiger partial charge >= 0.3 is 5.97 Å². The number of ether oxygens (including phenoxy) is 2. The Labute approximate surface area is 232 Å². The molecule has 40 heavy (non-hydrogen) atoms. The molecular weight excluding hydrogens is 506 g/mol. The summed E-state index contributed by atoms with van der Waals surface area (Å²) in [6.07, 6.45) is 1.61. The number of hydrogen-bond acceptors (Lipinski definition) is 6. The third kappa shape index (κ3) is 7.88. The Hall–Kier alpha value is -5.24. The van der Waals surface area contributed by atoms with Crippen molar-refractivity contribution in [2.24, 2.45) is 5.10 Å². The maximum Gasteiger partial charge on any atom is 0.315 e. The van der Waals surface area contributed by atoms with Gasteiger partial charge in [-0.05, 0) is 79.6 Å². The molecule has 0 bridgehead atoms. The van der Waals surface area contributed by atoms with Crippen LogP contribution in [-0.4, -0.2) is 30.6 Å². The summed E-state index contributed by atoms with van der Waals surface area (Å²) in [5.41, 5.74) is 6.54. The fraction of sp³-hybridized carbons (Fsp3) is 0.125. The lowest BCUT2D eigenvalue weighted by molar-refractivity contribution is -0.133. The molecule has 0 aliphatic carbocycles. The number of nitrogens with one attached hydrogen (secondary N) is 2. The molecule has 0 aromatic heterocycles. The molecule has 4 rings (SSSR count). The molecular formula is C32H29N3O5. The van der Waals surface area contributed by atoms with Gasteiger partial charge in [0.2, 0.25) is 0 Å². The Bertz CT molecular complexity index is 1500. The molecule has 0 fully saturated rings. The summed E-state index contributed by atoms with van der Waals surface area (Å²) in [4.78, 5) is 37.3. The summed E-state index contributed by atoms with van der Waals surface area (Å²) >= 11 is 0. The van der Waals surface area contributed by atoms with Crippen molar-refractivity contribution in [3.05, 3.63) is 125 Å². The summed E-state index contributed by atoms with van der Waals surface area (Å²) in [7, 11) is 0. The Morgan fingerprint density at radius 1 is 0.800 bits per heavy atom. The Kier molecular flexibility index (Phi) is 9.39. The molecule has 2 amide bonds. The Balaban J connectivity index is 1.33. The molecule has 0 unspecified atom stereocenters. The first-order valence-corrected chi connectivity index (χ1v) is 12.7. The largest absolute Gasteiger partial charge is 0.490 e. The summed E-state index contributed by atoms with van der Waals surface area (Å²) < 4.78 is 11.2. The monoisotopic (exact) mass is 535 g/mol. The minimum Gasteiger partial charge on any atom is -0.490 e. The molecule has 0 spiro atoms. The van der Waals surface area contributed by atoms with Crippen molar-refractivity contribution < 1.29 is 23.9 Å². The second kappa shape index (κ2) is 13.5. The molecule has 0 radical (unpaired) electrons. The van der Waals surface area contributed by atoms with E-state index in [0.717, 1.165) is 11.1 Å². The quantitative estimate of drug-likeness (QED) is 0.120. The molecule has 0 atom stereocenters. The van der Waals surface area contributed by atoms with Crippen LogP contribution in [0.1, 0.15) is 44.3 Å². The van der Waals surface area contributed by atoms with E-state index in [2.05, 4.69) is 15.8 Å². The van der Waals surface area contributed by atoms with Crippen LogP contribution in [0, 0.1) is 6.92 Å². The number of anilines is 1. The van der Waals surface area contributed by atoms with E-state index in [9.17, 15) is 14.4 Å². The third-order valence-corrected chi connectivity index (χ3v) is 5.78. The highest BCUT2D eigenvalue weighted by molar-refractivity contribution is 6.04. The zero-order valence-corrected chi connectivity index (χ0v) is 22.2. The second-order valence-corrected chi connectivity index (χ2v) is 8.87. The van der Waals surface area contributed by atoms with Crippen molar-refractivity contribution in [1.82, 2.24) is 5.43 Å². The van der Waals surface area contributed by atoms with Crippen molar-refractivity contribution in [2.45, 2.75) is 20.3 Å². The zero-order valence-electron chi connectivity index (χ0n) is 22.2. The van der Waals surface area contributed by atoms with Gasteiger partial charge in [0.05, 0.1) is 19.2 Å². The van der Waals surface area contributed by atoms with E-state index < -0.39 is 11.9 Å². The predicted molar refractivity (Wildman–Crippen MR) is 154 cm³/mol. The van der Waals surface area contributed by atoms with Crippen molar-refractivity contribution in [1.29, 1.82) is 0 Å². The highest BCUT2D eigenvalue weighted by Crippen LogP contribution is 2.28. The van der Waals surface area contributed by atoms with Crippen LogP contribution >= 0.6 is 0 Å². The fourth-order valence-corrected chi connectivity index (χ4v) is 3.72. The Morgan fingerprint density at radius 2 is 1.48 bits per heavy atom. The standard InChI is InChI=1S/C32H29N3O5/c1-3-39-29-19-24(11-18-28(29)40-30(36)20-23-7-5-4-6-8-23)21-33-35-32(38)26-14-16-27(17-15-26)34-31(37)25-12-9-22(2)10-13-25/h4-19,21H,3,20H2,1-2H3,(H,34,37)(H,35,38)/b33-21-. The minimum absolute atomic E-state index is 0.141. The van der Waals surface area contributed by atoms with Crippen molar-refractivity contribution in [3.8, 4) is 11.5 Å². The molecule has 8 nitrogen and oxygen atoms in total. The highest BCUT2D eigenvalue weighted by atomic mass is 16.6. The molecule has 0 heterocycles. The molecule has 4 aromatic rings. The second-order valence-electron chi connectivity index (χ2n) is 8.87. The van der Waals surface area contributed by atoms with Gasteiger partial charge in [0.1, 0.15) is 0 Å². The number of hydrazone groups is 1. The van der Waals surface area contributed by atoms with Crippen LogP contribution in [0.5, 0.6) is 11.5 Å². The maximum atomic E-state index is 12.5. The van der Waals surface area contributed by atoms with Gasteiger partial charge in [-0.2, -0.15) is 5.10 Å². The van der Waals surface area contributed by atoms with Crippen molar-refractivity contribution in [3.63, 3.8) is 0 Å². The molecule has 0 saturated carbocycles. The molecule has 8 heteroatoms. The molecule has 202 valence electrons. The third-order valence-electron chi connectivity index (χ3n) is 5.78. The first-order chi connectivity index (χ1) is 19.4. The fourth-order valence-electron chi connectivity index (χ4n) is 3.72. The van der Waals surface area contributed by atoms with Crippen LogP contribution < -0.4 is 20.2 Å². The number of amides is 2. The van der Waals surface area contributed by atoms with Gasteiger partial charge in [0.25, 0.3) is 11.8 Å². The van der Waals surface area contributed by atoms with Crippen LogP contribution in [-0.2, 0) is 11.2 Å². The van der Waals surface area contributed by atoms with Crippen LogP contribution in [0.3, 0.4) is 0 Å². The number of rotatable bonds is 10. The lowest BCUT2D eigenvalue weighted by Crippen LogP contribution is -2.18. The molecule has 0 aliphatic rings. The van der Waals surface area contributed by atoms with Crippen LogP contribution in [0.4, 0.5) is 5.69 Å². The average Bonchev–Trinajstić information content (AvgIpc) is 2.95. The van der Waals surface area contributed by atoms with Gasteiger partial charge in [-0.3, -0.25) is 14.4 Å². The lowest BCUT2D eigenvalue weighted by atomic mass is 10.1. The van der Waals surface area contributed by atoms with Gasteiger partial charge in [0, 0.05) is 16.8 Å². The van der Waals surface area contributed by atoms with Gasteiger partial charge in [-0.1, -0.05) is 48.0 Å². The van der Waals surface area contributed by atoms with E-state index in [4.69, 9.17) is 9.47 Å². The molecule has 0 aliphatic heterocycles. The van der Waals surface area contributed by atoms with Gasteiger partial charge < -0.3 is 14.8 Å². The molecule has 4 aromatic carbocycles. The van der Waals surface area contributed by atoms with Crippen LogP contribution in [0.2, 0.25) is 0 Å². The van der Waals surface area contributed by atoms with Crippen molar-refractivity contribution in [2.75, 3.05) is 11.9 Å². The molecule has 0 saturated heterocycles. The smallest absolute Gasteiger partial charge is 0.315 e. The van der Waals surface area contributed by atoms with Gasteiger partial charge in [-0.15, -0.1) is 0 Å². The van der Waals surface area contributed by atoms with Gasteiger partial charge in [0.15, 0.2) is 11.5 Å². The van der Waals surface area contributed by atoms with Crippen molar-refractivity contribution >= 4 is 29.7 Å². The maximum absolute atomic E-state index is 12.5. The summed E-state index contributed by atoms with van der Waals surface area (Å²) in [5.74, 6) is -0.350. The van der Waals surface area contributed by atoms with Crippen LogP contribution in [0.25, 0.3) is 0 Å². The topological polar surface area (TPSA) is 106 Å². The lowest BCUT2D eigenvalue weighted by Gasteiger charge is -2.11. The van der Waals surface area contributed by atoms with E-state index in [1.807, 2.05) is 56.3 Å². The SMILES string of the molecule is CCOc1cc(/C=N\NC(=O)c2ccc(NC(=O)c3ccc(C)cc3)cc2)ccc1OC(=O)Cc1ccccc1. The van der Waals surface area contributed by atoms with E-state index in [0.29, 0.717) is 40.5 Å². The summed E-state index contributed by atoms with van der Waals surface area (Å²) in [5, 5.41) is 6.83. The van der Waals surface area contributed by atoms with E-state index in [1.54, 1.807) is 54.6 Å². The van der Waals surface area contributed by atoms with E-state index in [-0.39, 0.29) is 12.3 Å². The summed E-state index contributed by atoms with van der Waals surface area (Å²) in [6.45, 7) is 4.16. The first-order valence-electron chi connectivity index (χ1n) is 12.7. The normalized spacial score (nSPS) is 10.7. The number of hydrogen-bond donors (Lipinski definition) is 2. The van der Waals surface area contributed by atoms with E-state index >= 15 is 0 Å². The average molecular weight is 536 g/mol. The molecule has 2 N–H and O–H groups in total. The summed E-state index contributed by atoms with van der Waals surface area (Å²) in [6, 6.07) is 28.1. The van der Waals surface area contributed by atoms with Crippen LogP contribution in [0.15, 0.2) is 102 Å². The minimum atomic E-state index is -0.413. The van der Waals surface area contributed by atoms with E-state index in [1.165, 1.54) is 6.21 Å². The number of carbonyl (C=O) groups excluding carboxylic acids is 3. The Morgan fingerprint density at radius 3 is 2.17 bits per heavy atom. The number of aryl methyl sites for hydroxylation is 1. The predicted octanol–water partition coefficient (Wildman–Crippen LogP) is 5.56. The number of nitrogens with zero attached hydrogens (tertiary/aromatic N) is 1. The number of esters is 1. The zero-order chi connectivity index (χ0) is 28.3. The van der Waals surface area contributed by atoms with Gasteiger partial charge in [-0.25, -0.2) is 5.43 Å². The first kappa shape index (κ1) is 27.8. The number of benzene rings is 4. The number of carbonyl (C=O) groups is 3.